The summed E-state index contributed by atoms with van der Waals surface area (Å²) in [7, 11) is 5.03. The number of fused-ring (bicyclic) bond motifs is 3. The molecule has 0 aromatic heterocycles. The monoisotopic (exact) mass is 396 g/mol. The van der Waals surface area contributed by atoms with Crippen LogP contribution in [0.25, 0.3) is 0 Å². The highest BCUT2D eigenvalue weighted by Gasteiger charge is 2.43. The molecule has 2 aliphatic heterocycles. The lowest BCUT2D eigenvalue weighted by Gasteiger charge is -2.28. The first-order chi connectivity index (χ1) is 14.2. The van der Waals surface area contributed by atoms with Crippen molar-refractivity contribution in [3.8, 4) is 28.7 Å². The van der Waals surface area contributed by atoms with Crippen molar-refractivity contribution in [3.63, 3.8) is 0 Å². The van der Waals surface area contributed by atoms with Crippen LogP contribution >= 0.6 is 0 Å². The van der Waals surface area contributed by atoms with Gasteiger partial charge in [-0.05, 0) is 49.7 Å². The Hall–Kier alpha value is -2.40. The summed E-state index contributed by atoms with van der Waals surface area (Å²) in [6.45, 7) is 0. The number of hydrogen-bond acceptors (Lipinski definition) is 5. The first kappa shape index (κ1) is 18.6. The van der Waals surface area contributed by atoms with Gasteiger partial charge in [0, 0.05) is 17.5 Å². The van der Waals surface area contributed by atoms with E-state index in [9.17, 15) is 0 Å². The van der Waals surface area contributed by atoms with Crippen molar-refractivity contribution >= 4 is 0 Å². The number of para-hydroxylation sites is 1. The Balaban J connectivity index is 1.53. The minimum atomic E-state index is 0.498. The van der Waals surface area contributed by atoms with Crippen molar-refractivity contribution < 1.29 is 23.7 Å². The molecule has 3 atom stereocenters. The molecule has 1 saturated carbocycles. The van der Waals surface area contributed by atoms with Crippen LogP contribution in [0, 0.1) is 5.92 Å². The lowest BCUT2D eigenvalue weighted by molar-refractivity contribution is 0.310. The van der Waals surface area contributed by atoms with Gasteiger partial charge in [-0.1, -0.05) is 18.2 Å². The molecule has 5 rings (SSSR count). The van der Waals surface area contributed by atoms with E-state index in [1.165, 1.54) is 19.3 Å². The summed E-state index contributed by atoms with van der Waals surface area (Å²) in [5.41, 5.74) is 3.27. The van der Waals surface area contributed by atoms with Crippen LogP contribution in [0.1, 0.15) is 42.4 Å². The third-order valence-corrected chi connectivity index (χ3v) is 6.59. The molecule has 0 bridgehead atoms. The highest BCUT2D eigenvalue weighted by atomic mass is 16.6. The first-order valence-corrected chi connectivity index (χ1v) is 10.5. The summed E-state index contributed by atoms with van der Waals surface area (Å²) >= 11 is 0. The summed E-state index contributed by atoms with van der Waals surface area (Å²) in [6, 6.07) is 8.17. The number of epoxide rings is 1. The molecule has 5 nitrogen and oxygen atoms in total. The van der Waals surface area contributed by atoms with Gasteiger partial charge in [0.15, 0.2) is 11.5 Å². The normalized spacial score (nSPS) is 23.9. The molecule has 0 spiro atoms. The number of benzene rings is 2. The van der Waals surface area contributed by atoms with Crippen molar-refractivity contribution in [2.75, 3.05) is 21.3 Å². The fourth-order valence-corrected chi connectivity index (χ4v) is 5.04. The summed E-state index contributed by atoms with van der Waals surface area (Å²) in [6.07, 6.45) is 7.37. The van der Waals surface area contributed by atoms with Gasteiger partial charge in [-0.3, -0.25) is 0 Å². The van der Waals surface area contributed by atoms with E-state index in [4.69, 9.17) is 23.7 Å². The Morgan fingerprint density at radius 2 is 1.72 bits per heavy atom. The van der Waals surface area contributed by atoms with Crippen molar-refractivity contribution in [1.82, 2.24) is 0 Å². The average Bonchev–Trinajstić information content (AvgIpc) is 3.54. The number of methoxy groups -OCH3 is 3. The zero-order chi connectivity index (χ0) is 20.0. The third-order valence-electron chi connectivity index (χ3n) is 6.59. The second kappa shape index (κ2) is 7.45. The molecule has 3 unspecified atom stereocenters. The molecule has 0 radical (unpaired) electrons. The van der Waals surface area contributed by atoms with E-state index >= 15 is 0 Å². The molecule has 154 valence electrons. The Bertz CT molecular complexity index is 922. The molecule has 2 aromatic carbocycles. The predicted octanol–water partition coefficient (Wildman–Crippen LogP) is 4.91. The summed E-state index contributed by atoms with van der Waals surface area (Å²) in [5.74, 6) is 4.53. The van der Waals surface area contributed by atoms with Crippen LogP contribution in [0.5, 0.6) is 28.7 Å². The van der Waals surface area contributed by atoms with Crippen LogP contribution in [-0.4, -0.2) is 33.5 Å². The van der Waals surface area contributed by atoms with Gasteiger partial charge >= 0.3 is 0 Å². The highest BCUT2D eigenvalue weighted by molar-refractivity contribution is 5.70. The molecule has 2 fully saturated rings. The van der Waals surface area contributed by atoms with E-state index in [1.54, 1.807) is 21.3 Å². The van der Waals surface area contributed by atoms with E-state index in [2.05, 4.69) is 6.07 Å². The zero-order valence-corrected chi connectivity index (χ0v) is 17.3. The largest absolute Gasteiger partial charge is 0.492 e. The maximum atomic E-state index is 6.42. The van der Waals surface area contributed by atoms with Gasteiger partial charge < -0.3 is 23.7 Å². The molecule has 29 heavy (non-hydrogen) atoms. The SMILES string of the molecule is COc1c(CCC2CCC3OC3C2)c2c(c(OC)c1OC)Cc1ccccc1O2. The van der Waals surface area contributed by atoms with Gasteiger partial charge in [0.25, 0.3) is 0 Å². The lowest BCUT2D eigenvalue weighted by Crippen LogP contribution is -2.15. The molecular formula is C24H28O5. The number of ether oxygens (including phenoxy) is 5. The van der Waals surface area contributed by atoms with Crippen LogP contribution in [0.15, 0.2) is 24.3 Å². The summed E-state index contributed by atoms with van der Waals surface area (Å²) in [4.78, 5) is 0. The molecule has 1 aliphatic carbocycles. The maximum absolute atomic E-state index is 6.42. The van der Waals surface area contributed by atoms with Crippen LogP contribution in [0.2, 0.25) is 0 Å². The Kier molecular flexibility index (Phi) is 4.78. The fraction of sp³-hybridized carbons (Fsp3) is 0.500. The third kappa shape index (κ3) is 3.21. The molecule has 0 N–H and O–H groups in total. The fourth-order valence-electron chi connectivity index (χ4n) is 5.04. The maximum Gasteiger partial charge on any atom is 0.204 e. The van der Waals surface area contributed by atoms with E-state index in [0.29, 0.717) is 29.6 Å². The van der Waals surface area contributed by atoms with E-state index in [1.807, 2.05) is 18.2 Å². The Labute approximate surface area is 171 Å². The van der Waals surface area contributed by atoms with E-state index in [0.717, 1.165) is 53.2 Å². The van der Waals surface area contributed by atoms with Gasteiger partial charge in [0.2, 0.25) is 5.75 Å². The zero-order valence-electron chi connectivity index (χ0n) is 17.3. The van der Waals surface area contributed by atoms with Gasteiger partial charge in [-0.15, -0.1) is 0 Å². The predicted molar refractivity (Wildman–Crippen MR) is 110 cm³/mol. The van der Waals surface area contributed by atoms with Gasteiger partial charge in [0.05, 0.1) is 33.5 Å². The van der Waals surface area contributed by atoms with Crippen molar-refractivity contribution in [2.45, 2.75) is 50.7 Å². The van der Waals surface area contributed by atoms with Crippen molar-refractivity contribution in [2.24, 2.45) is 5.92 Å². The molecule has 1 saturated heterocycles. The van der Waals surface area contributed by atoms with E-state index < -0.39 is 0 Å². The highest BCUT2D eigenvalue weighted by Crippen LogP contribution is 2.54. The Morgan fingerprint density at radius 3 is 2.48 bits per heavy atom. The van der Waals surface area contributed by atoms with Crippen LogP contribution < -0.4 is 18.9 Å². The lowest BCUT2D eigenvalue weighted by atomic mass is 9.84. The molecule has 5 heteroatoms. The first-order valence-electron chi connectivity index (χ1n) is 10.5. The molecule has 2 aromatic rings. The minimum absolute atomic E-state index is 0.498. The topological polar surface area (TPSA) is 49.5 Å². The molecular weight excluding hydrogens is 368 g/mol. The molecule has 3 aliphatic rings. The second-order valence-electron chi connectivity index (χ2n) is 8.20. The van der Waals surface area contributed by atoms with Crippen molar-refractivity contribution in [1.29, 1.82) is 0 Å². The summed E-state index contributed by atoms with van der Waals surface area (Å²) in [5, 5.41) is 0. The van der Waals surface area contributed by atoms with Crippen molar-refractivity contribution in [3.05, 3.63) is 41.0 Å². The number of rotatable bonds is 6. The van der Waals surface area contributed by atoms with Crippen LogP contribution in [0.4, 0.5) is 0 Å². The quantitative estimate of drug-likeness (QED) is 0.554. The average molecular weight is 396 g/mol. The second-order valence-corrected chi connectivity index (χ2v) is 8.20. The summed E-state index contributed by atoms with van der Waals surface area (Å²) < 4.78 is 29.5. The smallest absolute Gasteiger partial charge is 0.204 e. The standard InChI is InChI=1S/C24H28O5/c1-25-22-16(10-8-14-9-11-19-20(12-14)28-19)21-17(23(26-2)24(22)27-3)13-15-6-4-5-7-18(15)29-21/h4-7,14,19-20H,8-13H2,1-3H3. The minimum Gasteiger partial charge on any atom is -0.492 e. The Morgan fingerprint density at radius 1 is 0.931 bits per heavy atom. The molecule has 0 amide bonds. The van der Waals surface area contributed by atoms with Gasteiger partial charge in [-0.25, -0.2) is 0 Å². The number of hydrogen-bond donors (Lipinski definition) is 0. The van der Waals surface area contributed by atoms with Crippen LogP contribution in [-0.2, 0) is 17.6 Å². The van der Waals surface area contributed by atoms with Crippen LogP contribution in [0.3, 0.4) is 0 Å². The molecule has 2 heterocycles. The van der Waals surface area contributed by atoms with Gasteiger partial charge in [-0.2, -0.15) is 0 Å². The van der Waals surface area contributed by atoms with E-state index in [-0.39, 0.29) is 0 Å². The van der Waals surface area contributed by atoms with Gasteiger partial charge in [0.1, 0.15) is 11.5 Å².